The second-order valence-electron chi connectivity index (χ2n) is 5.95. The molecule has 0 heterocycles. The number of alkyl halides is 9. The molecular weight excluding hydrogens is 415 g/mol. The van der Waals surface area contributed by atoms with Gasteiger partial charge >= 0.3 is 29.7 Å². The number of halogens is 9. The summed E-state index contributed by atoms with van der Waals surface area (Å²) < 4.78 is 137. The topological polar surface area (TPSA) is 52.6 Å². The number of rotatable bonds is 6. The van der Waals surface area contributed by atoms with Crippen LogP contribution in [0.15, 0.2) is 25.3 Å². The molecule has 0 aromatic heterocycles. The summed E-state index contributed by atoms with van der Waals surface area (Å²) in [5.41, 5.74) is -16.8. The van der Waals surface area contributed by atoms with E-state index in [1.54, 1.807) is 0 Å². The molecule has 0 N–H and O–H groups in total. The first kappa shape index (κ1) is 23.8. The van der Waals surface area contributed by atoms with Gasteiger partial charge in [-0.15, -0.1) is 0 Å². The molecular formula is C15H13F9O4. The van der Waals surface area contributed by atoms with E-state index in [1.165, 1.54) is 0 Å². The Bertz CT molecular complexity index is 601. The fraction of sp³-hybridized carbons (Fsp3) is 0.600. The highest BCUT2D eigenvalue weighted by Crippen LogP contribution is 2.68. The van der Waals surface area contributed by atoms with Gasteiger partial charge in [0.1, 0.15) is 13.2 Å². The standard InChI is InChI=1S/C15H13F9O4/c1-4-8(25)27-6-11(17)10(3,16)13(19,20)12(18,7-28-9(26)5-2)15(23,24)14(11,21)22/h4-5H,1-2,6-7H2,3H3. The first-order valence-corrected chi connectivity index (χ1v) is 7.20. The molecule has 1 rings (SSSR count). The van der Waals surface area contributed by atoms with Crippen LogP contribution in [0.25, 0.3) is 0 Å². The Balaban J connectivity index is 3.64. The molecule has 1 fully saturated rings. The Hall–Kier alpha value is -2.21. The van der Waals surface area contributed by atoms with Crippen molar-refractivity contribution in [3.8, 4) is 0 Å². The van der Waals surface area contributed by atoms with Crippen LogP contribution in [0.2, 0.25) is 0 Å². The normalized spacial score (nSPS) is 35.5. The zero-order valence-electron chi connectivity index (χ0n) is 14.0. The van der Waals surface area contributed by atoms with Crippen molar-refractivity contribution in [1.82, 2.24) is 0 Å². The molecule has 1 aliphatic rings. The number of carbonyl (C=O) groups excluding carboxylic acids is 2. The van der Waals surface area contributed by atoms with E-state index in [4.69, 9.17) is 0 Å². The van der Waals surface area contributed by atoms with Crippen molar-refractivity contribution >= 4 is 11.9 Å². The Kier molecular flexibility index (Phi) is 5.69. The van der Waals surface area contributed by atoms with Crippen LogP contribution in [-0.2, 0) is 19.1 Å². The van der Waals surface area contributed by atoms with Gasteiger partial charge in [-0.2, -0.15) is 26.3 Å². The van der Waals surface area contributed by atoms with Gasteiger partial charge in [-0.25, -0.2) is 22.8 Å². The molecule has 0 spiro atoms. The molecule has 28 heavy (non-hydrogen) atoms. The van der Waals surface area contributed by atoms with E-state index in [0.717, 1.165) is 0 Å². The first-order chi connectivity index (χ1) is 12.4. The van der Waals surface area contributed by atoms with E-state index >= 15 is 0 Å². The minimum atomic E-state index is -6.62. The highest BCUT2D eigenvalue weighted by molar-refractivity contribution is 5.81. The van der Waals surface area contributed by atoms with Crippen molar-refractivity contribution in [1.29, 1.82) is 0 Å². The smallest absolute Gasteiger partial charge is 0.356 e. The van der Waals surface area contributed by atoms with Gasteiger partial charge in [-0.05, 0) is 6.92 Å². The summed E-state index contributed by atoms with van der Waals surface area (Å²) in [5.74, 6) is -22.8. The van der Waals surface area contributed by atoms with Crippen molar-refractivity contribution in [2.45, 2.75) is 41.7 Å². The monoisotopic (exact) mass is 428 g/mol. The fourth-order valence-corrected chi connectivity index (χ4v) is 2.48. The summed E-state index contributed by atoms with van der Waals surface area (Å²) in [6.45, 7) is -0.487. The van der Waals surface area contributed by atoms with E-state index in [2.05, 4.69) is 22.6 Å². The highest BCUT2D eigenvalue weighted by Gasteiger charge is 2.97. The third kappa shape index (κ3) is 2.69. The van der Waals surface area contributed by atoms with Crippen LogP contribution in [-0.4, -0.2) is 59.9 Å². The molecule has 0 saturated heterocycles. The molecule has 0 amide bonds. The fourth-order valence-electron chi connectivity index (χ4n) is 2.48. The van der Waals surface area contributed by atoms with Crippen LogP contribution in [0.5, 0.6) is 0 Å². The molecule has 0 aromatic carbocycles. The SMILES string of the molecule is C=CC(=O)OCC1(F)C(C)(F)C(F)(F)C(F)(COC(=O)C=C)C(F)(F)C1(F)F. The zero-order chi connectivity index (χ0) is 22.4. The predicted octanol–water partition coefficient (Wildman–Crippen LogP) is 3.51. The number of hydrogen-bond acceptors (Lipinski definition) is 4. The molecule has 160 valence electrons. The average molecular weight is 428 g/mol. The maximum absolute atomic E-state index is 14.7. The van der Waals surface area contributed by atoms with E-state index in [1.807, 2.05) is 0 Å². The van der Waals surface area contributed by atoms with E-state index < -0.39 is 66.8 Å². The summed E-state index contributed by atoms with van der Waals surface area (Å²) in [6.07, 6.45) is 0.424. The molecule has 3 unspecified atom stereocenters. The zero-order valence-corrected chi connectivity index (χ0v) is 14.0. The molecule has 0 radical (unpaired) electrons. The summed E-state index contributed by atoms with van der Waals surface area (Å²) in [5, 5.41) is 0. The van der Waals surface area contributed by atoms with Crippen LogP contribution < -0.4 is 0 Å². The third-order valence-corrected chi connectivity index (χ3v) is 4.38. The minimum absolute atomic E-state index is 0.198. The lowest BCUT2D eigenvalue weighted by atomic mass is 9.62. The second-order valence-corrected chi connectivity index (χ2v) is 5.95. The average Bonchev–Trinajstić information content (AvgIpc) is 2.61. The van der Waals surface area contributed by atoms with Crippen molar-refractivity contribution in [3.05, 3.63) is 25.3 Å². The van der Waals surface area contributed by atoms with E-state index in [-0.39, 0.29) is 12.2 Å². The van der Waals surface area contributed by atoms with Crippen LogP contribution in [0.1, 0.15) is 6.92 Å². The largest absolute Gasteiger partial charge is 0.459 e. The molecule has 0 aliphatic heterocycles. The summed E-state index contributed by atoms with van der Waals surface area (Å²) in [4.78, 5) is 21.7. The molecule has 4 nitrogen and oxygen atoms in total. The molecule has 0 bridgehead atoms. The molecule has 1 saturated carbocycles. The van der Waals surface area contributed by atoms with Gasteiger partial charge in [-0.1, -0.05) is 13.2 Å². The van der Waals surface area contributed by atoms with Gasteiger partial charge in [0.2, 0.25) is 5.67 Å². The number of ether oxygens (including phenoxy) is 2. The predicted molar refractivity (Wildman–Crippen MR) is 74.3 cm³/mol. The van der Waals surface area contributed by atoms with Gasteiger partial charge in [0.15, 0.2) is 0 Å². The summed E-state index contributed by atoms with van der Waals surface area (Å²) in [7, 11) is 0. The lowest BCUT2D eigenvalue weighted by Crippen LogP contribution is -2.87. The van der Waals surface area contributed by atoms with Gasteiger partial charge < -0.3 is 9.47 Å². The van der Waals surface area contributed by atoms with Crippen LogP contribution >= 0.6 is 0 Å². The maximum Gasteiger partial charge on any atom is 0.356 e. The van der Waals surface area contributed by atoms with Gasteiger partial charge in [0, 0.05) is 12.2 Å². The quantitative estimate of drug-likeness (QED) is 0.369. The van der Waals surface area contributed by atoms with Gasteiger partial charge in [-0.3, -0.25) is 0 Å². The lowest BCUT2D eigenvalue weighted by molar-refractivity contribution is -0.439. The van der Waals surface area contributed by atoms with Crippen molar-refractivity contribution in [2.75, 3.05) is 13.2 Å². The number of esters is 2. The minimum Gasteiger partial charge on any atom is -0.459 e. The molecule has 3 atom stereocenters. The molecule has 0 aromatic rings. The number of hydrogen-bond donors (Lipinski definition) is 0. The highest BCUT2D eigenvalue weighted by atomic mass is 19.3. The first-order valence-electron chi connectivity index (χ1n) is 7.20. The Morgan fingerprint density at radius 1 is 0.714 bits per heavy atom. The Morgan fingerprint density at radius 2 is 1.04 bits per heavy atom. The van der Waals surface area contributed by atoms with E-state index in [9.17, 15) is 49.1 Å². The van der Waals surface area contributed by atoms with Crippen molar-refractivity contribution in [2.24, 2.45) is 0 Å². The second kappa shape index (κ2) is 6.69. The van der Waals surface area contributed by atoms with Crippen LogP contribution in [0, 0.1) is 0 Å². The summed E-state index contributed by atoms with van der Waals surface area (Å²) >= 11 is 0. The summed E-state index contributed by atoms with van der Waals surface area (Å²) in [6, 6.07) is 0. The van der Waals surface area contributed by atoms with Crippen molar-refractivity contribution < 1.29 is 58.6 Å². The number of carbonyl (C=O) groups is 2. The van der Waals surface area contributed by atoms with Crippen LogP contribution in [0.3, 0.4) is 0 Å². The molecule has 13 heteroatoms. The maximum atomic E-state index is 14.7. The molecule has 1 aliphatic carbocycles. The Labute approximate surface area is 152 Å². The van der Waals surface area contributed by atoms with Crippen LogP contribution in [0.4, 0.5) is 39.5 Å². The van der Waals surface area contributed by atoms with Crippen molar-refractivity contribution in [3.63, 3.8) is 0 Å². The lowest BCUT2D eigenvalue weighted by Gasteiger charge is -2.56. The Morgan fingerprint density at radius 3 is 1.39 bits per heavy atom. The van der Waals surface area contributed by atoms with Gasteiger partial charge in [0.05, 0.1) is 0 Å². The van der Waals surface area contributed by atoms with Gasteiger partial charge in [0.25, 0.3) is 11.3 Å². The van der Waals surface area contributed by atoms with E-state index in [0.29, 0.717) is 0 Å². The third-order valence-electron chi connectivity index (χ3n) is 4.38.